The van der Waals surface area contributed by atoms with E-state index in [1.54, 1.807) is 0 Å². The van der Waals surface area contributed by atoms with Gasteiger partial charge in [-0.1, -0.05) is 25.2 Å². The van der Waals surface area contributed by atoms with Gasteiger partial charge >= 0.3 is 0 Å². The van der Waals surface area contributed by atoms with E-state index in [1.807, 2.05) is 18.2 Å². The van der Waals surface area contributed by atoms with E-state index in [0.29, 0.717) is 0 Å². The molecule has 0 fully saturated rings. The molecule has 0 aromatic heterocycles. The number of unbranched alkanes of at least 4 members (excludes halogenated alkanes) is 1. The van der Waals surface area contributed by atoms with Crippen LogP contribution in [0.4, 0.5) is 0 Å². The van der Waals surface area contributed by atoms with Crippen molar-refractivity contribution in [3.63, 3.8) is 0 Å². The highest BCUT2D eigenvalue weighted by Crippen LogP contribution is 2.21. The molecule has 0 aliphatic rings. The minimum absolute atomic E-state index is 0.883. The molecule has 15 heavy (non-hydrogen) atoms. The van der Waals surface area contributed by atoms with Crippen LogP contribution in [0.3, 0.4) is 0 Å². The minimum atomic E-state index is -1.58. The SMILES string of the molecule is [CH2]CCC#C[Si](CC=C)(CC=C)CC=C. The zero-order valence-electron chi connectivity index (χ0n) is 9.60. The molecule has 0 saturated heterocycles. The van der Waals surface area contributed by atoms with Crippen molar-refractivity contribution in [1.29, 1.82) is 0 Å². The van der Waals surface area contributed by atoms with Crippen LogP contribution in [0.1, 0.15) is 12.8 Å². The highest BCUT2D eigenvalue weighted by molar-refractivity contribution is 6.88. The molecule has 0 atom stereocenters. The zero-order valence-corrected chi connectivity index (χ0v) is 10.6. The van der Waals surface area contributed by atoms with E-state index in [1.165, 1.54) is 0 Å². The van der Waals surface area contributed by atoms with E-state index < -0.39 is 8.07 Å². The lowest BCUT2D eigenvalue weighted by Crippen LogP contribution is -2.30. The summed E-state index contributed by atoms with van der Waals surface area (Å²) in [6, 6.07) is 3.07. The van der Waals surface area contributed by atoms with Gasteiger partial charge in [-0.25, -0.2) is 0 Å². The number of rotatable bonds is 7. The molecule has 0 saturated carbocycles. The van der Waals surface area contributed by atoms with Crippen LogP contribution in [0.5, 0.6) is 0 Å². The maximum Gasteiger partial charge on any atom is 0.149 e. The maximum absolute atomic E-state index is 3.82. The summed E-state index contributed by atoms with van der Waals surface area (Å²) in [5.74, 6) is 3.24. The molecule has 0 amide bonds. The van der Waals surface area contributed by atoms with Crippen molar-refractivity contribution in [2.75, 3.05) is 0 Å². The maximum atomic E-state index is 3.82. The highest BCUT2D eigenvalue weighted by Gasteiger charge is 2.26. The van der Waals surface area contributed by atoms with Gasteiger partial charge in [0.15, 0.2) is 0 Å². The normalized spacial score (nSPS) is 9.93. The zero-order chi connectivity index (χ0) is 11.6. The first-order valence-corrected chi connectivity index (χ1v) is 7.99. The largest absolute Gasteiger partial charge is 0.149 e. The van der Waals surface area contributed by atoms with Gasteiger partial charge in [-0.3, -0.25) is 0 Å². The Balaban J connectivity index is 4.75. The lowest BCUT2D eigenvalue weighted by molar-refractivity contribution is 1.08. The molecule has 0 bridgehead atoms. The third-order valence-electron chi connectivity index (χ3n) is 2.26. The minimum Gasteiger partial charge on any atom is -0.130 e. The van der Waals surface area contributed by atoms with Crippen LogP contribution in [0.25, 0.3) is 0 Å². The van der Waals surface area contributed by atoms with E-state index >= 15 is 0 Å². The summed E-state index contributed by atoms with van der Waals surface area (Å²) < 4.78 is 0. The molecule has 0 aliphatic heterocycles. The fourth-order valence-electron chi connectivity index (χ4n) is 1.57. The first-order chi connectivity index (χ1) is 7.24. The second-order valence-electron chi connectivity index (χ2n) is 3.66. The molecule has 0 aliphatic carbocycles. The van der Waals surface area contributed by atoms with Crippen molar-refractivity contribution in [3.05, 3.63) is 44.9 Å². The molecule has 0 N–H and O–H groups in total. The van der Waals surface area contributed by atoms with Crippen molar-refractivity contribution in [3.8, 4) is 11.5 Å². The van der Waals surface area contributed by atoms with E-state index in [4.69, 9.17) is 0 Å². The Bertz CT molecular complexity index is 238. The first kappa shape index (κ1) is 14.0. The third-order valence-corrected chi connectivity index (χ3v) is 6.18. The topological polar surface area (TPSA) is 0 Å². The van der Waals surface area contributed by atoms with Crippen molar-refractivity contribution < 1.29 is 0 Å². The summed E-state index contributed by atoms with van der Waals surface area (Å²) in [5.41, 5.74) is 3.47. The molecule has 81 valence electrons. The van der Waals surface area contributed by atoms with Gasteiger partial charge in [-0.05, 0) is 24.6 Å². The Morgan fingerprint density at radius 2 is 1.40 bits per heavy atom. The fourth-order valence-corrected chi connectivity index (χ4v) is 4.53. The second-order valence-corrected chi connectivity index (χ2v) is 7.70. The molecular formula is C14H21Si. The fraction of sp³-hybridized carbons (Fsp3) is 0.357. The van der Waals surface area contributed by atoms with Gasteiger partial charge in [-0.2, -0.15) is 0 Å². The smallest absolute Gasteiger partial charge is 0.130 e. The average molecular weight is 217 g/mol. The van der Waals surface area contributed by atoms with Gasteiger partial charge in [-0.15, -0.1) is 31.2 Å². The summed E-state index contributed by atoms with van der Waals surface area (Å²) in [7, 11) is -1.58. The molecule has 0 heterocycles. The molecule has 0 unspecified atom stereocenters. The molecule has 0 aromatic rings. The highest BCUT2D eigenvalue weighted by atomic mass is 28.3. The molecule has 0 spiro atoms. The summed E-state index contributed by atoms with van der Waals surface area (Å²) in [6.45, 7) is 15.3. The average Bonchev–Trinajstić information content (AvgIpc) is 2.19. The van der Waals surface area contributed by atoms with Crippen LogP contribution >= 0.6 is 0 Å². The molecular weight excluding hydrogens is 196 g/mol. The predicted molar refractivity (Wildman–Crippen MR) is 73.1 cm³/mol. The summed E-state index contributed by atoms with van der Waals surface area (Å²) in [4.78, 5) is 0. The van der Waals surface area contributed by atoms with Gasteiger partial charge in [0.25, 0.3) is 0 Å². The lowest BCUT2D eigenvalue weighted by Gasteiger charge is -2.21. The van der Waals surface area contributed by atoms with Gasteiger partial charge < -0.3 is 0 Å². The Labute approximate surface area is 95.8 Å². The van der Waals surface area contributed by atoms with Crippen LogP contribution in [0.15, 0.2) is 38.0 Å². The Hall–Kier alpha value is -1.00. The Morgan fingerprint density at radius 3 is 1.73 bits per heavy atom. The number of hydrogen-bond donors (Lipinski definition) is 0. The number of allylic oxidation sites excluding steroid dienone is 3. The third kappa shape index (κ3) is 5.44. The molecule has 1 radical (unpaired) electrons. The van der Waals surface area contributed by atoms with Gasteiger partial charge in [0.2, 0.25) is 0 Å². The van der Waals surface area contributed by atoms with Crippen molar-refractivity contribution in [2.45, 2.75) is 31.0 Å². The second kappa shape index (κ2) is 8.32. The summed E-state index contributed by atoms with van der Waals surface area (Å²) in [5, 5.41) is 0. The van der Waals surface area contributed by atoms with E-state index in [0.717, 1.165) is 31.0 Å². The molecule has 0 aromatic carbocycles. The monoisotopic (exact) mass is 217 g/mol. The van der Waals surface area contributed by atoms with Gasteiger partial charge in [0, 0.05) is 6.42 Å². The first-order valence-electron chi connectivity index (χ1n) is 5.36. The van der Waals surface area contributed by atoms with Crippen LogP contribution < -0.4 is 0 Å². The number of hydrogen-bond acceptors (Lipinski definition) is 0. The Morgan fingerprint density at radius 1 is 0.933 bits per heavy atom. The van der Waals surface area contributed by atoms with Crippen LogP contribution in [-0.4, -0.2) is 8.07 Å². The summed E-state index contributed by atoms with van der Waals surface area (Å²) >= 11 is 0. The van der Waals surface area contributed by atoms with Crippen LogP contribution in [0, 0.1) is 18.4 Å². The van der Waals surface area contributed by atoms with Crippen LogP contribution in [-0.2, 0) is 0 Å². The van der Waals surface area contributed by atoms with Gasteiger partial charge in [0.05, 0.1) is 0 Å². The summed E-state index contributed by atoms with van der Waals surface area (Å²) in [6.07, 6.45) is 7.72. The van der Waals surface area contributed by atoms with Crippen molar-refractivity contribution in [2.24, 2.45) is 0 Å². The quantitative estimate of drug-likeness (QED) is 0.341. The van der Waals surface area contributed by atoms with E-state index in [9.17, 15) is 0 Å². The molecule has 0 nitrogen and oxygen atoms in total. The predicted octanol–water partition coefficient (Wildman–Crippen LogP) is 4.15. The van der Waals surface area contributed by atoms with E-state index in [-0.39, 0.29) is 0 Å². The lowest BCUT2D eigenvalue weighted by atomic mass is 10.4. The van der Waals surface area contributed by atoms with Crippen LogP contribution in [0.2, 0.25) is 18.1 Å². The Kier molecular flexibility index (Phi) is 7.76. The van der Waals surface area contributed by atoms with E-state index in [2.05, 4.69) is 38.1 Å². The van der Waals surface area contributed by atoms with Crippen molar-refractivity contribution in [1.82, 2.24) is 0 Å². The molecule has 0 rings (SSSR count). The molecule has 1 heteroatoms. The van der Waals surface area contributed by atoms with Gasteiger partial charge in [0.1, 0.15) is 8.07 Å². The van der Waals surface area contributed by atoms with Crippen molar-refractivity contribution >= 4 is 8.07 Å². The standard InChI is InChI=1S/C14H21Si/c1-5-9-10-14-15(11-6-2,12-7-3)13-8-4/h6-8H,1-5,9,11-13H2.